The van der Waals surface area contributed by atoms with Crippen molar-refractivity contribution >= 4 is 5.97 Å². The summed E-state index contributed by atoms with van der Waals surface area (Å²) in [6, 6.07) is 0. The smallest absolute Gasteiger partial charge is 0.305 e. The van der Waals surface area contributed by atoms with Gasteiger partial charge in [0.25, 0.3) is 0 Å². The van der Waals surface area contributed by atoms with Crippen molar-refractivity contribution in [1.82, 2.24) is 0 Å². The molecule has 0 aromatic carbocycles. The summed E-state index contributed by atoms with van der Waals surface area (Å²) in [4.78, 5) is 12.0. The van der Waals surface area contributed by atoms with E-state index >= 15 is 0 Å². The molecule has 268 valence electrons. The van der Waals surface area contributed by atoms with E-state index in [0.29, 0.717) is 13.0 Å². The fourth-order valence-corrected chi connectivity index (χ4v) is 6.40. The second-order valence-corrected chi connectivity index (χ2v) is 14.6. The molecule has 2 nitrogen and oxygen atoms in total. The van der Waals surface area contributed by atoms with Crippen LogP contribution in [0.5, 0.6) is 0 Å². The molecule has 0 aromatic rings. The van der Waals surface area contributed by atoms with Gasteiger partial charge in [-0.15, -0.1) is 0 Å². The molecule has 0 amide bonds. The minimum Gasteiger partial charge on any atom is -0.466 e. The lowest BCUT2D eigenvalue weighted by atomic mass is 9.99. The molecular weight excluding hydrogens is 548 g/mol. The quantitative estimate of drug-likeness (QED) is 0.0384. The second kappa shape index (κ2) is 39.4. The predicted octanol–water partition coefficient (Wildman–Crippen LogP) is 15.4. The van der Waals surface area contributed by atoms with Crippen molar-refractivity contribution in [3.63, 3.8) is 0 Å². The zero-order valence-electron chi connectivity index (χ0n) is 31.5. The fraction of sp³-hybridized carbons (Fsp3) is 0.930. The summed E-state index contributed by atoms with van der Waals surface area (Å²) in [5, 5.41) is 0. The van der Waals surface area contributed by atoms with E-state index < -0.39 is 0 Å². The van der Waals surface area contributed by atoms with Crippen LogP contribution in [0.3, 0.4) is 0 Å². The Bertz CT molecular complexity index is 582. The molecule has 1 unspecified atom stereocenters. The lowest BCUT2D eigenvalue weighted by Gasteiger charge is -2.07. The summed E-state index contributed by atoms with van der Waals surface area (Å²) >= 11 is 0. The van der Waals surface area contributed by atoms with Gasteiger partial charge >= 0.3 is 5.97 Å². The molecule has 0 N–H and O–H groups in total. The number of carbonyl (C=O) groups excluding carboxylic acids is 1. The van der Waals surface area contributed by atoms with E-state index in [1.54, 1.807) is 0 Å². The van der Waals surface area contributed by atoms with Crippen molar-refractivity contribution in [3.05, 3.63) is 12.2 Å². The van der Waals surface area contributed by atoms with Crippen molar-refractivity contribution in [3.8, 4) is 0 Å². The van der Waals surface area contributed by atoms with Crippen LogP contribution in [-0.4, -0.2) is 12.6 Å². The van der Waals surface area contributed by atoms with Gasteiger partial charge in [0.05, 0.1) is 6.61 Å². The summed E-state index contributed by atoms with van der Waals surface area (Å²) in [5.74, 6) is 0.953. The normalized spacial score (nSPS) is 12.3. The molecule has 0 fully saturated rings. The Hall–Kier alpha value is -0.790. The Labute approximate surface area is 285 Å². The number of carbonyl (C=O) groups is 1. The third-order valence-corrected chi connectivity index (χ3v) is 9.94. The zero-order valence-corrected chi connectivity index (χ0v) is 31.5. The van der Waals surface area contributed by atoms with E-state index in [2.05, 4.69) is 32.9 Å². The van der Waals surface area contributed by atoms with Gasteiger partial charge in [0.1, 0.15) is 0 Å². The Morgan fingerprint density at radius 2 is 0.822 bits per heavy atom. The van der Waals surface area contributed by atoms with Crippen molar-refractivity contribution in [2.45, 2.75) is 245 Å². The maximum absolute atomic E-state index is 12.0. The van der Waals surface area contributed by atoms with Gasteiger partial charge in [-0.05, 0) is 44.4 Å². The molecule has 0 aliphatic heterocycles. The van der Waals surface area contributed by atoms with Gasteiger partial charge in [-0.2, -0.15) is 0 Å². The molecular formula is C43H84O2. The molecule has 0 heterocycles. The van der Waals surface area contributed by atoms with Crippen LogP contribution in [0.15, 0.2) is 12.2 Å². The number of hydrogen-bond donors (Lipinski definition) is 0. The minimum atomic E-state index is 0.0256. The van der Waals surface area contributed by atoms with Gasteiger partial charge in [0.2, 0.25) is 0 Å². The van der Waals surface area contributed by atoms with Gasteiger partial charge in [0.15, 0.2) is 0 Å². The summed E-state index contributed by atoms with van der Waals surface area (Å²) in [6.45, 7) is 7.62. The molecule has 0 spiro atoms. The summed E-state index contributed by atoms with van der Waals surface area (Å²) < 4.78 is 5.47. The number of hydrogen-bond acceptors (Lipinski definition) is 2. The number of unbranched alkanes of at least 4 members (excludes halogenated alkanes) is 29. The van der Waals surface area contributed by atoms with Crippen LogP contribution in [0.25, 0.3) is 0 Å². The lowest BCUT2D eigenvalue weighted by molar-refractivity contribution is -0.143. The molecule has 0 saturated heterocycles. The van der Waals surface area contributed by atoms with E-state index in [9.17, 15) is 4.79 Å². The second-order valence-electron chi connectivity index (χ2n) is 14.6. The maximum Gasteiger partial charge on any atom is 0.305 e. The van der Waals surface area contributed by atoms with Crippen molar-refractivity contribution in [2.75, 3.05) is 6.61 Å². The number of ether oxygens (including phenoxy) is 1. The summed E-state index contributed by atoms with van der Waals surface area (Å²) in [5.41, 5.74) is 0. The third-order valence-electron chi connectivity index (χ3n) is 9.94. The van der Waals surface area contributed by atoms with Gasteiger partial charge < -0.3 is 4.74 Å². The first kappa shape index (κ1) is 44.2. The third kappa shape index (κ3) is 39.3. The molecule has 0 rings (SSSR count). The first-order chi connectivity index (χ1) is 22.2. The predicted molar refractivity (Wildman–Crippen MR) is 202 cm³/mol. The Morgan fingerprint density at radius 3 is 1.24 bits per heavy atom. The molecule has 0 aromatic heterocycles. The molecule has 45 heavy (non-hydrogen) atoms. The molecule has 0 radical (unpaired) electrons. The van der Waals surface area contributed by atoms with Crippen LogP contribution in [-0.2, 0) is 9.53 Å². The van der Waals surface area contributed by atoms with Crippen LogP contribution in [0.4, 0.5) is 0 Å². The molecule has 1 atom stereocenters. The Balaban J connectivity index is 3.19. The standard InChI is InChI=1S/C43H84O2/c1-4-6-7-8-9-10-11-12-13-14-15-16-19-22-25-28-31-34-37-40-43(44)45-41-38-35-32-29-26-23-20-17-18-21-24-27-30-33-36-39-42(3)5-2/h12-13,42H,4-11,14-41H2,1-3H3. The van der Waals surface area contributed by atoms with Gasteiger partial charge in [0, 0.05) is 6.42 Å². The Morgan fingerprint density at radius 1 is 0.467 bits per heavy atom. The van der Waals surface area contributed by atoms with Crippen molar-refractivity contribution in [2.24, 2.45) is 5.92 Å². The van der Waals surface area contributed by atoms with E-state index in [1.807, 2.05) is 0 Å². The number of allylic oxidation sites excluding steroid dienone is 2. The largest absolute Gasteiger partial charge is 0.466 e. The average molecular weight is 633 g/mol. The zero-order chi connectivity index (χ0) is 32.7. The van der Waals surface area contributed by atoms with E-state index in [-0.39, 0.29) is 5.97 Å². The van der Waals surface area contributed by atoms with Crippen LogP contribution < -0.4 is 0 Å². The van der Waals surface area contributed by atoms with Gasteiger partial charge in [-0.1, -0.05) is 213 Å². The van der Waals surface area contributed by atoms with Crippen LogP contribution >= 0.6 is 0 Å². The Kier molecular flexibility index (Phi) is 38.7. The van der Waals surface area contributed by atoms with Crippen molar-refractivity contribution < 1.29 is 9.53 Å². The first-order valence-electron chi connectivity index (χ1n) is 21.0. The topological polar surface area (TPSA) is 26.3 Å². The van der Waals surface area contributed by atoms with Crippen LogP contribution in [0, 0.1) is 5.92 Å². The monoisotopic (exact) mass is 633 g/mol. The van der Waals surface area contributed by atoms with Gasteiger partial charge in [-0.25, -0.2) is 0 Å². The molecule has 0 aliphatic carbocycles. The highest BCUT2D eigenvalue weighted by molar-refractivity contribution is 5.69. The number of rotatable bonds is 38. The van der Waals surface area contributed by atoms with E-state index in [0.717, 1.165) is 18.8 Å². The highest BCUT2D eigenvalue weighted by atomic mass is 16.5. The highest BCUT2D eigenvalue weighted by Gasteiger charge is 2.03. The number of esters is 1. The highest BCUT2D eigenvalue weighted by Crippen LogP contribution is 2.17. The molecule has 0 aliphatic rings. The fourth-order valence-electron chi connectivity index (χ4n) is 6.40. The lowest BCUT2D eigenvalue weighted by Crippen LogP contribution is -2.05. The SMILES string of the molecule is CCCCCCCCC=CCCCCCCCCCCCC(=O)OCCCCCCCCCCCCCCCCCC(C)CC. The molecule has 0 saturated carbocycles. The average Bonchev–Trinajstić information content (AvgIpc) is 3.05. The summed E-state index contributed by atoms with van der Waals surface area (Å²) in [6.07, 6.45) is 51.5. The minimum absolute atomic E-state index is 0.0256. The van der Waals surface area contributed by atoms with Crippen LogP contribution in [0.1, 0.15) is 245 Å². The molecule has 0 bridgehead atoms. The van der Waals surface area contributed by atoms with Crippen LogP contribution in [0.2, 0.25) is 0 Å². The van der Waals surface area contributed by atoms with E-state index in [1.165, 1.54) is 205 Å². The molecule has 2 heteroatoms. The van der Waals surface area contributed by atoms with Crippen molar-refractivity contribution in [1.29, 1.82) is 0 Å². The van der Waals surface area contributed by atoms with E-state index in [4.69, 9.17) is 4.74 Å². The summed E-state index contributed by atoms with van der Waals surface area (Å²) in [7, 11) is 0. The first-order valence-corrected chi connectivity index (χ1v) is 21.0. The van der Waals surface area contributed by atoms with Gasteiger partial charge in [-0.3, -0.25) is 4.79 Å². The maximum atomic E-state index is 12.0.